The Bertz CT molecular complexity index is 439. The Balaban J connectivity index is 3.28. The third-order valence-corrected chi connectivity index (χ3v) is 2.93. The molecule has 0 aromatic heterocycles. The molecule has 0 bridgehead atoms. The van der Waals surface area contributed by atoms with Crippen molar-refractivity contribution in [2.45, 2.75) is 5.25 Å². The smallest absolute Gasteiger partial charge is 0.275 e. The summed E-state index contributed by atoms with van der Waals surface area (Å²) >= 11 is 0. The maximum absolute atomic E-state index is 10.9. The minimum atomic E-state index is -4.19. The van der Waals surface area contributed by atoms with Crippen molar-refractivity contribution >= 4 is 15.8 Å². The van der Waals surface area contributed by atoms with Gasteiger partial charge < -0.3 is 5.73 Å². The number of anilines is 1. The second-order valence-corrected chi connectivity index (χ2v) is 4.34. The molecule has 5 heteroatoms. The van der Waals surface area contributed by atoms with E-state index in [1.165, 1.54) is 6.07 Å². The fourth-order valence-corrected chi connectivity index (χ4v) is 1.96. The predicted molar refractivity (Wildman–Crippen MR) is 55.3 cm³/mol. The molecule has 0 aliphatic heterocycles. The highest BCUT2D eigenvalue weighted by atomic mass is 32.2. The molecule has 0 amide bonds. The van der Waals surface area contributed by atoms with Crippen molar-refractivity contribution in [2.24, 2.45) is 0 Å². The fourth-order valence-electron chi connectivity index (χ4n) is 1.18. The van der Waals surface area contributed by atoms with Crippen LogP contribution in [0.4, 0.5) is 5.69 Å². The van der Waals surface area contributed by atoms with Crippen LogP contribution in [0.25, 0.3) is 0 Å². The van der Waals surface area contributed by atoms with Gasteiger partial charge in [-0.2, -0.15) is 8.42 Å². The van der Waals surface area contributed by atoms with Crippen molar-refractivity contribution < 1.29 is 13.0 Å². The quantitative estimate of drug-likeness (QED) is 0.451. The van der Waals surface area contributed by atoms with Crippen LogP contribution in [0.2, 0.25) is 0 Å². The highest BCUT2D eigenvalue weighted by Gasteiger charge is 2.22. The average Bonchev–Trinajstić information content (AvgIpc) is 2.07. The summed E-state index contributed by atoms with van der Waals surface area (Å²) in [5.41, 5.74) is 6.22. The van der Waals surface area contributed by atoms with Crippen LogP contribution >= 0.6 is 0 Å². The maximum Gasteiger partial charge on any atom is 0.275 e. The lowest BCUT2D eigenvalue weighted by atomic mass is 10.1. The molecule has 1 unspecified atom stereocenters. The summed E-state index contributed by atoms with van der Waals surface area (Å²) in [5.74, 6) is 0. The van der Waals surface area contributed by atoms with Gasteiger partial charge in [-0.25, -0.2) is 0 Å². The van der Waals surface area contributed by atoms with Gasteiger partial charge in [0.25, 0.3) is 10.1 Å². The summed E-state index contributed by atoms with van der Waals surface area (Å²) in [6, 6.07) is 6.43. The minimum absolute atomic E-state index is 0.315. The van der Waals surface area contributed by atoms with E-state index in [1.807, 2.05) is 0 Å². The largest absolute Gasteiger partial charge is 0.398 e. The van der Waals surface area contributed by atoms with E-state index in [2.05, 4.69) is 6.58 Å². The van der Waals surface area contributed by atoms with Crippen LogP contribution in [0, 0.1) is 0 Å². The summed E-state index contributed by atoms with van der Waals surface area (Å²) in [5, 5.41) is -1.16. The first-order valence-electron chi connectivity index (χ1n) is 3.90. The molecule has 0 aliphatic carbocycles. The fraction of sp³-hybridized carbons (Fsp3) is 0.111. The van der Waals surface area contributed by atoms with Crippen molar-refractivity contribution in [1.29, 1.82) is 0 Å². The second-order valence-electron chi connectivity index (χ2n) is 2.80. The molecule has 1 atom stereocenters. The van der Waals surface area contributed by atoms with Gasteiger partial charge in [-0.15, -0.1) is 6.58 Å². The number of para-hydroxylation sites is 1. The van der Waals surface area contributed by atoms with Gasteiger partial charge in [-0.1, -0.05) is 24.3 Å². The lowest BCUT2D eigenvalue weighted by Gasteiger charge is -2.11. The second kappa shape index (κ2) is 3.81. The molecule has 0 saturated heterocycles. The minimum Gasteiger partial charge on any atom is -0.398 e. The van der Waals surface area contributed by atoms with E-state index in [0.717, 1.165) is 6.08 Å². The van der Waals surface area contributed by atoms with Gasteiger partial charge in [0.05, 0.1) is 0 Å². The Kier molecular flexibility index (Phi) is 2.93. The van der Waals surface area contributed by atoms with Crippen molar-refractivity contribution in [1.82, 2.24) is 0 Å². The highest BCUT2D eigenvalue weighted by Crippen LogP contribution is 2.26. The lowest BCUT2D eigenvalue weighted by Crippen LogP contribution is -2.11. The topological polar surface area (TPSA) is 80.4 Å². The maximum atomic E-state index is 10.9. The summed E-state index contributed by atoms with van der Waals surface area (Å²) in [4.78, 5) is 0. The van der Waals surface area contributed by atoms with Crippen LogP contribution in [-0.4, -0.2) is 13.0 Å². The molecule has 1 aromatic carbocycles. The van der Waals surface area contributed by atoms with Crippen molar-refractivity contribution in [3.05, 3.63) is 42.5 Å². The van der Waals surface area contributed by atoms with E-state index in [-0.39, 0.29) is 0 Å². The monoisotopic (exact) mass is 213 g/mol. The third kappa shape index (κ3) is 2.12. The molecule has 0 saturated carbocycles. The highest BCUT2D eigenvalue weighted by molar-refractivity contribution is 7.86. The number of rotatable bonds is 3. The van der Waals surface area contributed by atoms with Crippen LogP contribution in [0.1, 0.15) is 10.8 Å². The Morgan fingerprint density at radius 2 is 2.00 bits per heavy atom. The molecule has 0 radical (unpaired) electrons. The molecule has 0 aliphatic rings. The van der Waals surface area contributed by atoms with E-state index in [9.17, 15) is 8.42 Å². The molecule has 4 nitrogen and oxygen atoms in total. The zero-order valence-corrected chi connectivity index (χ0v) is 8.24. The molecule has 3 N–H and O–H groups in total. The molecule has 0 heterocycles. The number of hydrogen-bond donors (Lipinski definition) is 2. The van der Waals surface area contributed by atoms with E-state index in [1.54, 1.807) is 18.2 Å². The van der Waals surface area contributed by atoms with Gasteiger partial charge in [-0.05, 0) is 11.6 Å². The zero-order chi connectivity index (χ0) is 10.8. The van der Waals surface area contributed by atoms with Crippen molar-refractivity contribution in [2.75, 3.05) is 5.73 Å². The Morgan fingerprint density at radius 3 is 2.43 bits per heavy atom. The van der Waals surface area contributed by atoms with Gasteiger partial charge in [0, 0.05) is 5.69 Å². The summed E-state index contributed by atoms with van der Waals surface area (Å²) in [6.07, 6.45) is 1.14. The molecule has 0 fully saturated rings. The van der Waals surface area contributed by atoms with Crippen LogP contribution in [0.5, 0.6) is 0 Å². The zero-order valence-electron chi connectivity index (χ0n) is 7.42. The van der Waals surface area contributed by atoms with E-state index >= 15 is 0 Å². The standard InChI is InChI=1S/C9H11NO3S/c1-2-9(14(11,12)13)7-5-3-4-6-8(7)10/h2-6,9H,1,10H2,(H,11,12,13). The number of nitrogens with two attached hydrogens (primary N) is 1. The summed E-state index contributed by atoms with van der Waals surface area (Å²) in [6.45, 7) is 3.35. The number of nitrogen functional groups attached to an aromatic ring is 1. The van der Waals surface area contributed by atoms with Crippen LogP contribution in [-0.2, 0) is 10.1 Å². The molecule has 76 valence electrons. The predicted octanol–water partition coefficient (Wildman–Crippen LogP) is 1.38. The third-order valence-electron chi connectivity index (χ3n) is 1.84. The summed E-state index contributed by atoms with van der Waals surface area (Å²) in [7, 11) is -4.19. The lowest BCUT2D eigenvalue weighted by molar-refractivity contribution is 0.476. The van der Waals surface area contributed by atoms with Gasteiger partial charge in [0.15, 0.2) is 0 Å². The molecular formula is C9H11NO3S. The first kappa shape index (κ1) is 10.7. The van der Waals surface area contributed by atoms with E-state index in [4.69, 9.17) is 10.3 Å². The normalized spacial score (nSPS) is 13.5. The van der Waals surface area contributed by atoms with E-state index in [0.29, 0.717) is 11.3 Å². The Morgan fingerprint density at radius 1 is 1.43 bits per heavy atom. The Hall–Kier alpha value is -1.33. The number of benzene rings is 1. The Labute approximate surface area is 82.8 Å². The van der Waals surface area contributed by atoms with Gasteiger partial charge >= 0.3 is 0 Å². The van der Waals surface area contributed by atoms with Crippen LogP contribution < -0.4 is 5.73 Å². The van der Waals surface area contributed by atoms with E-state index < -0.39 is 15.4 Å². The molecule has 14 heavy (non-hydrogen) atoms. The van der Waals surface area contributed by atoms with Gasteiger partial charge in [0.1, 0.15) is 5.25 Å². The van der Waals surface area contributed by atoms with Crippen molar-refractivity contribution in [3.63, 3.8) is 0 Å². The first-order valence-corrected chi connectivity index (χ1v) is 5.40. The SMILES string of the molecule is C=CC(c1ccccc1N)S(=O)(=O)O. The number of hydrogen-bond acceptors (Lipinski definition) is 3. The summed E-state index contributed by atoms with van der Waals surface area (Å²) < 4.78 is 30.8. The molecule has 0 spiro atoms. The first-order chi connectivity index (χ1) is 6.46. The van der Waals surface area contributed by atoms with Gasteiger partial charge in [-0.3, -0.25) is 4.55 Å². The molecule has 1 rings (SSSR count). The molecular weight excluding hydrogens is 202 g/mol. The average molecular weight is 213 g/mol. The van der Waals surface area contributed by atoms with Crippen LogP contribution in [0.15, 0.2) is 36.9 Å². The van der Waals surface area contributed by atoms with Gasteiger partial charge in [0.2, 0.25) is 0 Å². The molecule has 1 aromatic rings. The van der Waals surface area contributed by atoms with Crippen molar-refractivity contribution in [3.8, 4) is 0 Å². The van der Waals surface area contributed by atoms with Crippen LogP contribution in [0.3, 0.4) is 0 Å².